The second-order valence-electron chi connectivity index (χ2n) is 7.76. The molecule has 1 amide bonds. The number of amides is 1. The zero-order valence-electron chi connectivity index (χ0n) is 17.8. The number of hydrogen-bond donors (Lipinski definition) is 3. The number of hydrogen-bond acceptors (Lipinski definition) is 7. The summed E-state index contributed by atoms with van der Waals surface area (Å²) in [5.41, 5.74) is 16.6. The van der Waals surface area contributed by atoms with Gasteiger partial charge in [0.15, 0.2) is 11.6 Å². The topological polar surface area (TPSA) is 130 Å². The number of primary amides is 1. The molecule has 162 valence electrons. The lowest BCUT2D eigenvalue weighted by atomic mass is 10.0. The van der Waals surface area contributed by atoms with Crippen LogP contribution in [0.4, 0.5) is 10.6 Å². The number of carbonyl (C=O) groups excluding carboxylic acids is 1. The minimum atomic E-state index is -0.748. The highest BCUT2D eigenvalue weighted by Gasteiger charge is 2.21. The average Bonchev–Trinajstić information content (AvgIpc) is 3.04. The predicted molar refractivity (Wildman–Crippen MR) is 118 cm³/mol. The fourth-order valence-corrected chi connectivity index (χ4v) is 3.50. The zero-order valence-corrected chi connectivity index (χ0v) is 17.8. The summed E-state index contributed by atoms with van der Waals surface area (Å²) in [6.45, 7) is 7.32. The van der Waals surface area contributed by atoms with Gasteiger partial charge in [-0.25, -0.2) is 19.4 Å². The van der Waals surface area contributed by atoms with Gasteiger partial charge in [-0.2, -0.15) is 0 Å². The molecule has 5 N–H and O–H groups in total. The maximum Gasteiger partial charge on any atom is 0.405 e. The molecule has 1 aromatic carbocycles. The molecule has 2 aromatic heterocycles. The van der Waals surface area contributed by atoms with Crippen LogP contribution in [0.5, 0.6) is 0 Å². The number of fused-ring (bicyclic) bond motifs is 3. The molecule has 9 heteroatoms. The molecule has 0 saturated heterocycles. The summed E-state index contributed by atoms with van der Waals surface area (Å²) in [5.74, 6) is 1.14. The van der Waals surface area contributed by atoms with Crippen LogP contribution in [0.1, 0.15) is 45.9 Å². The van der Waals surface area contributed by atoms with Crippen molar-refractivity contribution >= 4 is 33.8 Å². The van der Waals surface area contributed by atoms with Gasteiger partial charge in [-0.1, -0.05) is 18.2 Å². The number of nitrogens with two attached hydrogens (primary N) is 2. The number of ether oxygens (including phenoxy) is 2. The molecule has 3 aromatic rings. The van der Waals surface area contributed by atoms with Crippen LogP contribution in [0.15, 0.2) is 24.3 Å². The Labute approximate surface area is 175 Å². The first-order valence-electron chi connectivity index (χ1n) is 10.2. The molecule has 0 aliphatic rings. The lowest BCUT2D eigenvalue weighted by Gasteiger charge is -2.23. The van der Waals surface area contributed by atoms with Crippen molar-refractivity contribution in [2.24, 2.45) is 5.73 Å². The van der Waals surface area contributed by atoms with Crippen LogP contribution in [0, 0.1) is 0 Å². The maximum absolute atomic E-state index is 11.0. The summed E-state index contributed by atoms with van der Waals surface area (Å²) >= 11 is 0. The summed E-state index contributed by atoms with van der Waals surface area (Å²) in [6, 6.07) is 7.86. The number of aromatic nitrogens is 3. The van der Waals surface area contributed by atoms with Crippen molar-refractivity contribution in [3.8, 4) is 0 Å². The molecule has 0 radical (unpaired) electrons. The highest BCUT2D eigenvalue weighted by Crippen LogP contribution is 2.28. The molecule has 0 bridgehead atoms. The van der Waals surface area contributed by atoms with Crippen molar-refractivity contribution in [1.82, 2.24) is 14.6 Å². The SMILES string of the molecule is CCOCc1nc2c(N)nc3ccccc3c2n1NCCCCC(C)(C)OC(N)=O. The first-order valence-corrected chi connectivity index (χ1v) is 10.2. The molecule has 0 atom stereocenters. The summed E-state index contributed by atoms with van der Waals surface area (Å²) in [6.07, 6.45) is 1.71. The van der Waals surface area contributed by atoms with Crippen molar-refractivity contribution in [3.63, 3.8) is 0 Å². The smallest absolute Gasteiger partial charge is 0.405 e. The normalized spacial score (nSPS) is 11.8. The Bertz CT molecular complexity index is 1030. The van der Waals surface area contributed by atoms with Gasteiger partial charge in [0, 0.05) is 18.5 Å². The van der Waals surface area contributed by atoms with Gasteiger partial charge in [-0.3, -0.25) is 0 Å². The van der Waals surface area contributed by atoms with Gasteiger partial charge in [0.05, 0.1) is 5.52 Å². The molecule has 2 heterocycles. The van der Waals surface area contributed by atoms with E-state index < -0.39 is 11.7 Å². The number of carbonyl (C=O) groups is 1. The standard InChI is InChI=1S/C21H30N6O3/c1-4-29-13-16-26-17-18(14-9-5-6-10-15(14)25-19(17)22)27(16)24-12-8-7-11-21(2,3)30-20(23)28/h5-6,9-10,24H,4,7-8,11-13H2,1-3H3,(H2,22,25)(H2,23,28). The Balaban J connectivity index is 1.80. The Hall–Kier alpha value is -3.07. The molecule has 0 aliphatic heterocycles. The van der Waals surface area contributed by atoms with Crippen LogP contribution in [-0.4, -0.2) is 39.5 Å². The lowest BCUT2D eigenvalue weighted by Crippen LogP contribution is -2.31. The third kappa shape index (κ3) is 4.91. The van der Waals surface area contributed by atoms with Crippen LogP contribution in [-0.2, 0) is 16.1 Å². The average molecular weight is 415 g/mol. The van der Waals surface area contributed by atoms with Gasteiger partial charge in [0.25, 0.3) is 0 Å². The molecule has 30 heavy (non-hydrogen) atoms. The molecule has 0 unspecified atom stereocenters. The minimum absolute atomic E-state index is 0.366. The fourth-order valence-electron chi connectivity index (χ4n) is 3.50. The Morgan fingerprint density at radius 3 is 2.73 bits per heavy atom. The molecule has 9 nitrogen and oxygen atoms in total. The van der Waals surface area contributed by atoms with Gasteiger partial charge in [0.2, 0.25) is 0 Å². The molecule has 0 spiro atoms. The van der Waals surface area contributed by atoms with Crippen LogP contribution >= 0.6 is 0 Å². The first-order chi connectivity index (χ1) is 14.3. The van der Waals surface area contributed by atoms with E-state index in [1.54, 1.807) is 0 Å². The highest BCUT2D eigenvalue weighted by atomic mass is 16.6. The molecule has 0 aliphatic carbocycles. The van der Waals surface area contributed by atoms with E-state index >= 15 is 0 Å². The first kappa shape index (κ1) is 21.6. The molecule has 0 saturated carbocycles. The number of rotatable bonds is 10. The van der Waals surface area contributed by atoms with E-state index in [-0.39, 0.29) is 0 Å². The van der Waals surface area contributed by atoms with E-state index in [9.17, 15) is 4.79 Å². The van der Waals surface area contributed by atoms with Crippen molar-refractivity contribution in [3.05, 3.63) is 30.1 Å². The molecule has 0 fully saturated rings. The number of nitrogen functional groups attached to an aromatic ring is 1. The van der Waals surface area contributed by atoms with Crippen LogP contribution in [0.25, 0.3) is 21.9 Å². The monoisotopic (exact) mass is 414 g/mol. The summed E-state index contributed by atoms with van der Waals surface area (Å²) in [5, 5.41) is 0.973. The van der Waals surface area contributed by atoms with Gasteiger partial charge >= 0.3 is 6.09 Å². The number of nitrogens with one attached hydrogen (secondary N) is 1. The number of nitrogens with zero attached hydrogens (tertiary/aromatic N) is 3. The Kier molecular flexibility index (Phi) is 6.61. The summed E-state index contributed by atoms with van der Waals surface area (Å²) in [4.78, 5) is 20.2. The Morgan fingerprint density at radius 1 is 1.23 bits per heavy atom. The number of imidazole rings is 1. The maximum atomic E-state index is 11.0. The van der Waals surface area contributed by atoms with Crippen molar-refractivity contribution in [1.29, 1.82) is 0 Å². The fraction of sp³-hybridized carbons (Fsp3) is 0.476. The largest absolute Gasteiger partial charge is 0.444 e. The van der Waals surface area contributed by atoms with Gasteiger partial charge in [0.1, 0.15) is 23.2 Å². The van der Waals surface area contributed by atoms with Crippen molar-refractivity contribution < 1.29 is 14.3 Å². The van der Waals surface area contributed by atoms with Gasteiger partial charge in [-0.15, -0.1) is 0 Å². The van der Waals surface area contributed by atoms with E-state index in [0.717, 1.165) is 35.1 Å². The highest BCUT2D eigenvalue weighted by molar-refractivity contribution is 6.06. The summed E-state index contributed by atoms with van der Waals surface area (Å²) < 4.78 is 12.7. The number of unbranched alkanes of at least 4 members (excludes halogenated alkanes) is 1. The van der Waals surface area contributed by atoms with Crippen molar-refractivity contribution in [2.75, 3.05) is 24.3 Å². The zero-order chi connectivity index (χ0) is 21.7. The molecular weight excluding hydrogens is 384 g/mol. The second-order valence-corrected chi connectivity index (χ2v) is 7.76. The second kappa shape index (κ2) is 9.17. The van der Waals surface area contributed by atoms with E-state index in [1.807, 2.05) is 49.7 Å². The van der Waals surface area contributed by atoms with E-state index in [0.29, 0.717) is 37.5 Å². The summed E-state index contributed by atoms with van der Waals surface area (Å²) in [7, 11) is 0. The third-order valence-corrected chi connectivity index (χ3v) is 4.88. The molecular formula is C21H30N6O3. The van der Waals surface area contributed by atoms with Crippen molar-refractivity contribution in [2.45, 2.75) is 52.2 Å². The quantitative estimate of drug-likeness (QED) is 0.434. The third-order valence-electron chi connectivity index (χ3n) is 4.88. The number of pyridine rings is 1. The number of para-hydroxylation sites is 1. The minimum Gasteiger partial charge on any atom is -0.444 e. The van der Waals surface area contributed by atoms with Crippen LogP contribution in [0.2, 0.25) is 0 Å². The van der Waals surface area contributed by atoms with Crippen LogP contribution in [0.3, 0.4) is 0 Å². The lowest BCUT2D eigenvalue weighted by molar-refractivity contribution is 0.0375. The van der Waals surface area contributed by atoms with E-state index in [1.165, 1.54) is 0 Å². The van der Waals surface area contributed by atoms with E-state index in [4.69, 9.17) is 20.9 Å². The molecule has 3 rings (SSSR count). The Morgan fingerprint density at radius 2 is 2.00 bits per heavy atom. The number of anilines is 1. The van der Waals surface area contributed by atoms with E-state index in [2.05, 4.69) is 15.4 Å². The predicted octanol–water partition coefficient (Wildman–Crippen LogP) is 3.29. The van der Waals surface area contributed by atoms with Crippen LogP contribution < -0.4 is 16.9 Å². The van der Waals surface area contributed by atoms with Gasteiger partial charge < -0.3 is 26.4 Å². The van der Waals surface area contributed by atoms with Gasteiger partial charge in [-0.05, 0) is 46.1 Å². The number of benzene rings is 1.